The minimum absolute atomic E-state index is 0.114. The third-order valence-corrected chi connectivity index (χ3v) is 2.10. The number of fused-ring (bicyclic) bond motifs is 1. The lowest BCUT2D eigenvalue weighted by Crippen LogP contribution is -1.86. The highest BCUT2D eigenvalue weighted by Crippen LogP contribution is 2.25. The Morgan fingerprint density at radius 3 is 2.26 bits per heavy atom. The summed E-state index contributed by atoms with van der Waals surface area (Å²) >= 11 is 0. The van der Waals surface area contributed by atoms with Gasteiger partial charge in [0.05, 0.1) is 11.6 Å². The maximum Gasteiger partial charge on any atom is 0.141 e. The lowest BCUT2D eigenvalue weighted by atomic mass is 10.1. The Hall–Kier alpha value is -2.08. The molecule has 0 atom stereocenters. The molecule has 0 aliphatic heterocycles. The molecule has 0 saturated heterocycles. The summed E-state index contributed by atoms with van der Waals surface area (Å²) in [4.78, 5) is 4.18. The first-order valence-corrected chi connectivity index (χ1v) is 6.63. The molecule has 0 bridgehead atoms. The molecule has 0 unspecified atom stereocenters. The van der Waals surface area contributed by atoms with Crippen molar-refractivity contribution >= 4 is 10.9 Å². The first-order chi connectivity index (χ1) is 9.13. The Labute approximate surface area is 115 Å². The van der Waals surface area contributed by atoms with Crippen molar-refractivity contribution in [3.8, 4) is 11.8 Å². The molecule has 1 N–H and O–H groups in total. The molecule has 0 radical (unpaired) electrons. The maximum absolute atomic E-state index is 9.54. The Morgan fingerprint density at radius 2 is 1.74 bits per heavy atom. The summed E-state index contributed by atoms with van der Waals surface area (Å²) in [6, 6.07) is 8.77. The van der Waals surface area contributed by atoms with Gasteiger partial charge in [0.1, 0.15) is 11.3 Å². The SMILES string of the molecule is CC.CCC.Cc1ccc2c(C#N)ccc(O)c2n1. The number of nitrogens with zero attached hydrogens (tertiary/aromatic N) is 2. The van der Waals surface area contributed by atoms with E-state index in [1.807, 2.05) is 26.8 Å². The molecule has 1 heterocycles. The Balaban J connectivity index is 0.000000573. The van der Waals surface area contributed by atoms with Crippen molar-refractivity contribution in [2.75, 3.05) is 0 Å². The van der Waals surface area contributed by atoms with Gasteiger partial charge >= 0.3 is 0 Å². The van der Waals surface area contributed by atoms with E-state index in [-0.39, 0.29) is 5.75 Å². The summed E-state index contributed by atoms with van der Waals surface area (Å²) in [6.07, 6.45) is 1.25. The summed E-state index contributed by atoms with van der Waals surface area (Å²) in [5, 5.41) is 19.1. The molecule has 3 heteroatoms. The van der Waals surface area contributed by atoms with Gasteiger partial charge in [-0.1, -0.05) is 34.1 Å². The predicted molar refractivity (Wildman–Crippen MR) is 80.2 cm³/mol. The van der Waals surface area contributed by atoms with E-state index < -0.39 is 0 Å². The van der Waals surface area contributed by atoms with E-state index in [2.05, 4.69) is 24.9 Å². The number of nitriles is 1. The second-order valence-electron chi connectivity index (χ2n) is 3.80. The largest absolute Gasteiger partial charge is 0.506 e. The van der Waals surface area contributed by atoms with Crippen LogP contribution in [0.4, 0.5) is 0 Å². The van der Waals surface area contributed by atoms with Gasteiger partial charge in [0, 0.05) is 11.1 Å². The number of pyridine rings is 1. The van der Waals surface area contributed by atoms with Gasteiger partial charge in [0.25, 0.3) is 0 Å². The normalized spacial score (nSPS) is 8.63. The van der Waals surface area contributed by atoms with Crippen molar-refractivity contribution in [3.05, 3.63) is 35.5 Å². The Morgan fingerprint density at radius 1 is 1.16 bits per heavy atom. The van der Waals surface area contributed by atoms with Crippen LogP contribution < -0.4 is 0 Å². The van der Waals surface area contributed by atoms with Gasteiger partial charge in [-0.25, -0.2) is 4.98 Å². The molecular formula is C16H22N2O. The van der Waals surface area contributed by atoms with Crippen LogP contribution in [0.3, 0.4) is 0 Å². The molecule has 0 saturated carbocycles. The van der Waals surface area contributed by atoms with Crippen LogP contribution in [0, 0.1) is 18.3 Å². The van der Waals surface area contributed by atoms with Crippen LogP contribution >= 0.6 is 0 Å². The minimum atomic E-state index is 0.114. The van der Waals surface area contributed by atoms with Crippen LogP contribution in [0.25, 0.3) is 10.9 Å². The van der Waals surface area contributed by atoms with Crippen LogP contribution in [-0.4, -0.2) is 10.1 Å². The van der Waals surface area contributed by atoms with Crippen molar-refractivity contribution in [3.63, 3.8) is 0 Å². The zero-order chi connectivity index (χ0) is 14.8. The van der Waals surface area contributed by atoms with Crippen molar-refractivity contribution in [1.29, 1.82) is 5.26 Å². The van der Waals surface area contributed by atoms with Gasteiger partial charge in [-0.05, 0) is 31.2 Å². The van der Waals surface area contributed by atoms with Crippen molar-refractivity contribution in [2.45, 2.75) is 41.0 Å². The fourth-order valence-electron chi connectivity index (χ4n) is 1.40. The predicted octanol–water partition coefficient (Wildman–Crippen LogP) is 4.56. The summed E-state index contributed by atoms with van der Waals surface area (Å²) in [6.45, 7) is 10.1. The fraction of sp³-hybridized carbons (Fsp3) is 0.375. The van der Waals surface area contributed by atoms with E-state index in [9.17, 15) is 5.11 Å². The molecule has 1 aromatic carbocycles. The van der Waals surface area contributed by atoms with E-state index in [1.165, 1.54) is 12.5 Å². The number of benzene rings is 1. The number of hydrogen-bond donors (Lipinski definition) is 1. The van der Waals surface area contributed by atoms with Gasteiger partial charge in [-0.2, -0.15) is 5.26 Å². The number of phenols is 1. The summed E-state index contributed by atoms with van der Waals surface area (Å²) in [5.74, 6) is 0.114. The third-order valence-electron chi connectivity index (χ3n) is 2.10. The molecule has 1 aromatic heterocycles. The Bertz CT molecular complexity index is 556. The first-order valence-electron chi connectivity index (χ1n) is 6.63. The number of hydrogen-bond acceptors (Lipinski definition) is 3. The Kier molecular flexibility index (Phi) is 7.95. The van der Waals surface area contributed by atoms with E-state index in [4.69, 9.17) is 5.26 Å². The second-order valence-corrected chi connectivity index (χ2v) is 3.80. The molecular weight excluding hydrogens is 236 g/mol. The number of rotatable bonds is 0. The quantitative estimate of drug-likeness (QED) is 0.753. The van der Waals surface area contributed by atoms with Gasteiger partial charge in [0.15, 0.2) is 0 Å². The highest BCUT2D eigenvalue weighted by Gasteiger charge is 2.05. The lowest BCUT2D eigenvalue weighted by Gasteiger charge is -2.02. The average Bonchev–Trinajstić information content (AvgIpc) is 2.43. The van der Waals surface area contributed by atoms with E-state index in [0.29, 0.717) is 16.5 Å². The number of aromatic nitrogens is 1. The van der Waals surface area contributed by atoms with Crippen LogP contribution in [0.1, 0.15) is 45.4 Å². The summed E-state index contributed by atoms with van der Waals surface area (Å²) in [7, 11) is 0. The lowest BCUT2D eigenvalue weighted by molar-refractivity contribution is 0.480. The van der Waals surface area contributed by atoms with Crippen LogP contribution in [0.15, 0.2) is 24.3 Å². The second kappa shape index (κ2) is 8.93. The smallest absolute Gasteiger partial charge is 0.141 e. The van der Waals surface area contributed by atoms with Crippen molar-refractivity contribution in [1.82, 2.24) is 4.98 Å². The molecule has 2 rings (SSSR count). The highest BCUT2D eigenvalue weighted by atomic mass is 16.3. The molecule has 0 aliphatic rings. The van der Waals surface area contributed by atoms with Crippen LogP contribution in [0.5, 0.6) is 5.75 Å². The molecule has 0 aliphatic carbocycles. The number of aryl methyl sites for hydroxylation is 1. The molecule has 3 nitrogen and oxygen atoms in total. The molecule has 0 fully saturated rings. The van der Waals surface area contributed by atoms with E-state index in [1.54, 1.807) is 12.1 Å². The van der Waals surface area contributed by atoms with E-state index >= 15 is 0 Å². The fourth-order valence-corrected chi connectivity index (χ4v) is 1.40. The van der Waals surface area contributed by atoms with Crippen molar-refractivity contribution in [2.24, 2.45) is 0 Å². The molecule has 102 valence electrons. The van der Waals surface area contributed by atoms with E-state index in [0.717, 1.165) is 5.69 Å². The molecule has 0 spiro atoms. The van der Waals surface area contributed by atoms with Crippen molar-refractivity contribution < 1.29 is 5.11 Å². The third kappa shape index (κ3) is 4.59. The topological polar surface area (TPSA) is 56.9 Å². The minimum Gasteiger partial charge on any atom is -0.506 e. The highest BCUT2D eigenvalue weighted by molar-refractivity contribution is 5.89. The number of phenolic OH excluding ortho intramolecular Hbond substituents is 1. The summed E-state index contributed by atoms with van der Waals surface area (Å²) < 4.78 is 0. The first kappa shape index (κ1) is 16.9. The molecule has 19 heavy (non-hydrogen) atoms. The van der Waals surface area contributed by atoms with Crippen LogP contribution in [0.2, 0.25) is 0 Å². The van der Waals surface area contributed by atoms with Gasteiger partial charge in [0.2, 0.25) is 0 Å². The standard InChI is InChI=1S/C11H8N2O.C3H8.C2H6/c1-7-2-4-9-8(6-12)3-5-10(14)11(9)13-7;1-3-2;1-2/h2-5,14H,1H3;3H2,1-2H3;1-2H3. The summed E-state index contributed by atoms with van der Waals surface area (Å²) in [5.41, 5.74) is 1.84. The monoisotopic (exact) mass is 258 g/mol. The zero-order valence-corrected chi connectivity index (χ0v) is 12.4. The van der Waals surface area contributed by atoms with Gasteiger partial charge < -0.3 is 5.11 Å². The van der Waals surface area contributed by atoms with Crippen LogP contribution in [-0.2, 0) is 0 Å². The maximum atomic E-state index is 9.54. The van der Waals surface area contributed by atoms with Gasteiger partial charge in [-0.3, -0.25) is 0 Å². The molecule has 2 aromatic rings. The molecule has 0 amide bonds. The van der Waals surface area contributed by atoms with Gasteiger partial charge in [-0.15, -0.1) is 0 Å². The zero-order valence-electron chi connectivity index (χ0n) is 12.4. The average molecular weight is 258 g/mol. The number of aromatic hydroxyl groups is 1.